The molecule has 0 unspecified atom stereocenters. The number of nitrogens with one attached hydrogen (secondary N) is 2. The van der Waals surface area contributed by atoms with E-state index in [1.807, 2.05) is 38.4 Å². The molecule has 0 aliphatic carbocycles. The van der Waals surface area contributed by atoms with Crippen LogP contribution in [0.2, 0.25) is 0 Å². The van der Waals surface area contributed by atoms with E-state index >= 15 is 0 Å². The molecule has 0 saturated carbocycles. The molecule has 2 N–H and O–H groups in total. The summed E-state index contributed by atoms with van der Waals surface area (Å²) < 4.78 is 1.70. The predicted octanol–water partition coefficient (Wildman–Crippen LogP) is 2.34. The zero-order chi connectivity index (χ0) is 14.1. The Bertz CT molecular complexity index is 660. The van der Waals surface area contributed by atoms with E-state index in [4.69, 9.17) is 0 Å². The molecule has 0 bridgehead atoms. The maximum atomic E-state index is 12.3. The maximum absolute atomic E-state index is 12.3. The molecule has 1 aliphatic rings. The average molecular weight is 270 g/mol. The molecule has 5 heteroatoms. The van der Waals surface area contributed by atoms with E-state index in [-0.39, 0.29) is 5.91 Å². The van der Waals surface area contributed by atoms with E-state index in [2.05, 4.69) is 15.7 Å². The van der Waals surface area contributed by atoms with Gasteiger partial charge in [-0.2, -0.15) is 5.10 Å². The van der Waals surface area contributed by atoms with Gasteiger partial charge in [0.1, 0.15) is 0 Å². The van der Waals surface area contributed by atoms with Crippen molar-refractivity contribution >= 4 is 17.3 Å². The summed E-state index contributed by atoms with van der Waals surface area (Å²) in [5.41, 5.74) is 4.63. The van der Waals surface area contributed by atoms with Crippen LogP contribution in [0.3, 0.4) is 0 Å². The normalized spacial score (nSPS) is 13.5. The maximum Gasteiger partial charge on any atom is 0.255 e. The molecule has 1 aliphatic heterocycles. The summed E-state index contributed by atoms with van der Waals surface area (Å²) in [5.74, 6) is -0.0885. The summed E-state index contributed by atoms with van der Waals surface area (Å²) in [6.07, 6.45) is 3.95. The van der Waals surface area contributed by atoms with Gasteiger partial charge in [-0.05, 0) is 43.5 Å². The lowest BCUT2D eigenvalue weighted by molar-refractivity contribution is 0.102. The number of nitrogens with zero attached hydrogens (tertiary/aromatic N) is 2. The van der Waals surface area contributed by atoms with Crippen LogP contribution in [0.1, 0.15) is 28.0 Å². The Kier molecular flexibility index (Phi) is 3.18. The van der Waals surface area contributed by atoms with Crippen molar-refractivity contribution in [1.82, 2.24) is 9.78 Å². The first-order valence-corrected chi connectivity index (χ1v) is 6.82. The fraction of sp³-hybridized carbons (Fsp3) is 0.333. The lowest BCUT2D eigenvalue weighted by atomic mass is 10.0. The van der Waals surface area contributed by atoms with Crippen molar-refractivity contribution in [2.75, 3.05) is 17.2 Å². The quantitative estimate of drug-likeness (QED) is 0.880. The van der Waals surface area contributed by atoms with E-state index in [0.29, 0.717) is 5.56 Å². The summed E-state index contributed by atoms with van der Waals surface area (Å²) >= 11 is 0. The van der Waals surface area contributed by atoms with Crippen LogP contribution in [0.15, 0.2) is 24.4 Å². The highest BCUT2D eigenvalue weighted by atomic mass is 16.1. The van der Waals surface area contributed by atoms with Gasteiger partial charge in [0.15, 0.2) is 0 Å². The van der Waals surface area contributed by atoms with Crippen molar-refractivity contribution in [3.05, 3.63) is 41.2 Å². The molecule has 2 heterocycles. The lowest BCUT2D eigenvalue weighted by Crippen LogP contribution is -2.15. The Hall–Kier alpha value is -2.30. The van der Waals surface area contributed by atoms with Gasteiger partial charge in [0.05, 0.1) is 11.4 Å². The molecule has 0 spiro atoms. The van der Waals surface area contributed by atoms with Crippen LogP contribution < -0.4 is 10.6 Å². The number of carbonyl (C=O) groups excluding carboxylic acids is 1. The molecule has 1 amide bonds. The second-order valence-electron chi connectivity index (χ2n) is 5.16. The van der Waals surface area contributed by atoms with E-state index in [1.165, 1.54) is 5.56 Å². The van der Waals surface area contributed by atoms with Gasteiger partial charge in [-0.15, -0.1) is 0 Å². The minimum Gasteiger partial charge on any atom is -0.385 e. The Balaban J connectivity index is 1.82. The molecule has 0 fully saturated rings. The first kappa shape index (κ1) is 12.7. The first-order valence-electron chi connectivity index (χ1n) is 6.82. The molecular weight excluding hydrogens is 252 g/mol. The van der Waals surface area contributed by atoms with Crippen LogP contribution in [-0.2, 0) is 13.5 Å². The number of amides is 1. The fourth-order valence-corrected chi connectivity index (χ4v) is 2.53. The molecule has 20 heavy (non-hydrogen) atoms. The molecular formula is C15H18N4O. The summed E-state index contributed by atoms with van der Waals surface area (Å²) in [5, 5.41) is 10.5. The minimum atomic E-state index is -0.0885. The first-order chi connectivity index (χ1) is 9.63. The Morgan fingerprint density at radius 2 is 2.30 bits per heavy atom. The summed E-state index contributed by atoms with van der Waals surface area (Å²) in [7, 11) is 1.84. The van der Waals surface area contributed by atoms with Gasteiger partial charge in [-0.1, -0.05) is 0 Å². The van der Waals surface area contributed by atoms with E-state index in [0.717, 1.165) is 36.5 Å². The summed E-state index contributed by atoms with van der Waals surface area (Å²) in [6, 6.07) is 5.82. The van der Waals surface area contributed by atoms with Gasteiger partial charge < -0.3 is 10.6 Å². The van der Waals surface area contributed by atoms with Gasteiger partial charge in [0, 0.05) is 31.0 Å². The van der Waals surface area contributed by atoms with Crippen LogP contribution in [0.4, 0.5) is 11.4 Å². The smallest absolute Gasteiger partial charge is 0.255 e. The number of benzene rings is 1. The number of hydrogen-bond donors (Lipinski definition) is 2. The molecule has 104 valence electrons. The van der Waals surface area contributed by atoms with Crippen LogP contribution >= 0.6 is 0 Å². The SMILES string of the molecule is Cc1nn(C)cc1NC(=O)c1ccc2c(c1)CCCN2. The Morgan fingerprint density at radius 3 is 3.05 bits per heavy atom. The number of fused-ring (bicyclic) bond motifs is 1. The minimum absolute atomic E-state index is 0.0885. The highest BCUT2D eigenvalue weighted by Crippen LogP contribution is 2.23. The third kappa shape index (κ3) is 2.39. The number of anilines is 2. The number of aromatic nitrogens is 2. The predicted molar refractivity (Wildman–Crippen MR) is 79.2 cm³/mol. The van der Waals surface area contributed by atoms with Crippen molar-refractivity contribution in [2.24, 2.45) is 7.05 Å². The molecule has 5 nitrogen and oxygen atoms in total. The fourth-order valence-electron chi connectivity index (χ4n) is 2.53. The van der Waals surface area contributed by atoms with Crippen molar-refractivity contribution in [3.63, 3.8) is 0 Å². The van der Waals surface area contributed by atoms with Crippen LogP contribution in [-0.4, -0.2) is 22.2 Å². The van der Waals surface area contributed by atoms with Crippen molar-refractivity contribution in [3.8, 4) is 0 Å². The van der Waals surface area contributed by atoms with Crippen molar-refractivity contribution in [2.45, 2.75) is 19.8 Å². The third-order valence-corrected chi connectivity index (χ3v) is 3.57. The highest BCUT2D eigenvalue weighted by molar-refractivity contribution is 6.04. The highest BCUT2D eigenvalue weighted by Gasteiger charge is 2.14. The number of carbonyl (C=O) groups is 1. The molecule has 1 aromatic carbocycles. The third-order valence-electron chi connectivity index (χ3n) is 3.57. The van der Waals surface area contributed by atoms with Crippen LogP contribution in [0.5, 0.6) is 0 Å². The topological polar surface area (TPSA) is 59.0 Å². The van der Waals surface area contributed by atoms with Crippen LogP contribution in [0.25, 0.3) is 0 Å². The molecule has 2 aromatic rings. The summed E-state index contributed by atoms with van der Waals surface area (Å²) in [6.45, 7) is 2.89. The van der Waals surface area contributed by atoms with Crippen molar-refractivity contribution < 1.29 is 4.79 Å². The van der Waals surface area contributed by atoms with Crippen molar-refractivity contribution in [1.29, 1.82) is 0 Å². The largest absolute Gasteiger partial charge is 0.385 e. The monoisotopic (exact) mass is 270 g/mol. The molecule has 0 radical (unpaired) electrons. The zero-order valence-electron chi connectivity index (χ0n) is 11.7. The number of aryl methyl sites for hydroxylation is 3. The zero-order valence-corrected chi connectivity index (χ0v) is 11.7. The lowest BCUT2D eigenvalue weighted by Gasteiger charge is -2.18. The Morgan fingerprint density at radius 1 is 1.45 bits per heavy atom. The van der Waals surface area contributed by atoms with Gasteiger partial charge >= 0.3 is 0 Å². The van der Waals surface area contributed by atoms with Gasteiger partial charge in [0.25, 0.3) is 5.91 Å². The van der Waals surface area contributed by atoms with Gasteiger partial charge in [0.2, 0.25) is 0 Å². The molecule has 0 saturated heterocycles. The van der Waals surface area contributed by atoms with E-state index in [1.54, 1.807) is 4.68 Å². The second kappa shape index (κ2) is 5.00. The van der Waals surface area contributed by atoms with Crippen LogP contribution in [0, 0.1) is 6.92 Å². The standard InChI is InChI=1S/C15H18N4O/c1-10-14(9-19(2)18-10)17-15(20)12-5-6-13-11(8-12)4-3-7-16-13/h5-6,8-9,16H,3-4,7H2,1-2H3,(H,17,20). The van der Waals surface area contributed by atoms with Gasteiger partial charge in [-0.25, -0.2) is 0 Å². The number of rotatable bonds is 2. The van der Waals surface area contributed by atoms with E-state index < -0.39 is 0 Å². The molecule has 0 atom stereocenters. The van der Waals surface area contributed by atoms with E-state index in [9.17, 15) is 4.79 Å². The average Bonchev–Trinajstić information content (AvgIpc) is 2.76. The number of hydrogen-bond acceptors (Lipinski definition) is 3. The molecule has 1 aromatic heterocycles. The van der Waals surface area contributed by atoms with Gasteiger partial charge in [-0.3, -0.25) is 9.48 Å². The Labute approximate surface area is 118 Å². The summed E-state index contributed by atoms with van der Waals surface area (Å²) in [4.78, 5) is 12.3. The molecule has 3 rings (SSSR count). The second-order valence-corrected chi connectivity index (χ2v) is 5.16.